The summed E-state index contributed by atoms with van der Waals surface area (Å²) in [5.74, 6) is 2.13. The van der Waals surface area contributed by atoms with E-state index in [0.29, 0.717) is 5.92 Å². The van der Waals surface area contributed by atoms with Gasteiger partial charge in [0.2, 0.25) is 0 Å². The van der Waals surface area contributed by atoms with Gasteiger partial charge in [-0.2, -0.15) is 0 Å². The first-order valence-corrected chi connectivity index (χ1v) is 5.91. The van der Waals surface area contributed by atoms with Gasteiger partial charge in [-0.15, -0.1) is 0 Å². The van der Waals surface area contributed by atoms with E-state index in [2.05, 4.69) is 26.0 Å². The quantitative estimate of drug-likeness (QED) is 0.875. The van der Waals surface area contributed by atoms with Gasteiger partial charge >= 0.3 is 0 Å². The Hall–Kier alpha value is -1.22. The zero-order valence-corrected chi connectivity index (χ0v) is 11.2. The molecule has 0 saturated heterocycles. The molecule has 0 spiro atoms. The lowest BCUT2D eigenvalue weighted by molar-refractivity contribution is 0.387. The maximum atomic E-state index is 6.12. The number of rotatable bonds is 3. The fourth-order valence-corrected chi connectivity index (χ4v) is 2.60. The summed E-state index contributed by atoms with van der Waals surface area (Å²) in [6.07, 6.45) is 0. The molecule has 94 valence electrons. The molecule has 0 radical (unpaired) electrons. The van der Waals surface area contributed by atoms with Crippen LogP contribution in [-0.4, -0.2) is 20.3 Å². The molecule has 0 unspecified atom stereocenters. The molecule has 1 aromatic rings. The Morgan fingerprint density at radius 1 is 1.12 bits per heavy atom. The Morgan fingerprint density at radius 2 is 1.53 bits per heavy atom. The van der Waals surface area contributed by atoms with Gasteiger partial charge in [0.25, 0.3) is 0 Å². The molecular formula is C14H21NO2. The van der Waals surface area contributed by atoms with Crippen molar-refractivity contribution < 1.29 is 9.47 Å². The molecule has 0 aromatic heterocycles. The minimum absolute atomic E-state index is 0.172. The van der Waals surface area contributed by atoms with E-state index >= 15 is 0 Å². The zero-order valence-electron chi connectivity index (χ0n) is 11.2. The predicted molar refractivity (Wildman–Crippen MR) is 68.8 cm³/mol. The van der Waals surface area contributed by atoms with Gasteiger partial charge in [-0.25, -0.2) is 0 Å². The minimum Gasteiger partial charge on any atom is -0.496 e. The molecule has 3 nitrogen and oxygen atoms in total. The second-order valence-corrected chi connectivity index (χ2v) is 5.38. The highest BCUT2D eigenvalue weighted by atomic mass is 16.5. The van der Waals surface area contributed by atoms with Crippen molar-refractivity contribution in [3.8, 4) is 11.5 Å². The maximum absolute atomic E-state index is 6.12. The Balaban J connectivity index is 2.43. The van der Waals surface area contributed by atoms with Crippen LogP contribution >= 0.6 is 0 Å². The van der Waals surface area contributed by atoms with Gasteiger partial charge < -0.3 is 15.2 Å². The largest absolute Gasteiger partial charge is 0.496 e. The highest BCUT2D eigenvalue weighted by Gasteiger charge is 2.56. The third-order valence-corrected chi connectivity index (χ3v) is 4.04. The summed E-state index contributed by atoms with van der Waals surface area (Å²) >= 11 is 0. The van der Waals surface area contributed by atoms with Gasteiger partial charge in [0, 0.05) is 17.5 Å². The maximum Gasteiger partial charge on any atom is 0.125 e. The van der Waals surface area contributed by atoms with Crippen molar-refractivity contribution in [2.45, 2.75) is 32.7 Å². The van der Waals surface area contributed by atoms with Crippen LogP contribution in [0.25, 0.3) is 0 Å². The molecule has 0 bridgehead atoms. The molecule has 1 aliphatic rings. The summed E-state index contributed by atoms with van der Waals surface area (Å²) < 4.78 is 10.8. The molecule has 3 heteroatoms. The molecule has 0 heterocycles. The first-order valence-electron chi connectivity index (χ1n) is 5.91. The average Bonchev–Trinajstić information content (AvgIpc) is 2.79. The summed E-state index contributed by atoms with van der Waals surface area (Å²) in [6, 6.07) is 4.38. The van der Waals surface area contributed by atoms with Crippen LogP contribution in [0.2, 0.25) is 0 Å². The van der Waals surface area contributed by atoms with Crippen molar-refractivity contribution in [1.82, 2.24) is 0 Å². The zero-order chi connectivity index (χ0) is 12.8. The Labute approximate surface area is 103 Å². The summed E-state index contributed by atoms with van der Waals surface area (Å²) in [5.41, 5.74) is 8.53. The van der Waals surface area contributed by atoms with Crippen molar-refractivity contribution in [2.24, 2.45) is 11.1 Å². The number of hydrogen-bond acceptors (Lipinski definition) is 3. The highest BCUT2D eigenvalue weighted by molar-refractivity contribution is 5.50. The van der Waals surface area contributed by atoms with Gasteiger partial charge in [-0.1, -0.05) is 13.8 Å². The molecule has 1 aromatic carbocycles. The Kier molecular flexibility index (Phi) is 2.82. The molecule has 1 saturated carbocycles. The third-order valence-electron chi connectivity index (χ3n) is 4.04. The van der Waals surface area contributed by atoms with Crippen LogP contribution in [0.1, 0.15) is 30.9 Å². The van der Waals surface area contributed by atoms with E-state index in [4.69, 9.17) is 15.2 Å². The molecule has 2 atom stereocenters. The molecule has 0 amide bonds. The van der Waals surface area contributed by atoms with E-state index in [1.165, 1.54) is 5.56 Å². The van der Waals surface area contributed by atoms with E-state index < -0.39 is 0 Å². The van der Waals surface area contributed by atoms with Crippen LogP contribution in [-0.2, 0) is 0 Å². The molecule has 0 aliphatic heterocycles. The summed E-state index contributed by atoms with van der Waals surface area (Å²) in [5, 5.41) is 0. The molecule has 2 rings (SSSR count). The van der Waals surface area contributed by atoms with Crippen LogP contribution in [0.5, 0.6) is 11.5 Å². The number of methoxy groups -OCH3 is 2. The normalized spacial score (nSPS) is 25.5. The summed E-state index contributed by atoms with van der Waals surface area (Å²) in [7, 11) is 3.37. The van der Waals surface area contributed by atoms with Crippen LogP contribution < -0.4 is 15.2 Å². The van der Waals surface area contributed by atoms with Crippen LogP contribution in [0.15, 0.2) is 12.1 Å². The van der Waals surface area contributed by atoms with Crippen molar-refractivity contribution in [3.63, 3.8) is 0 Å². The predicted octanol–water partition coefficient (Wildman–Crippen LogP) is 2.46. The molecular weight excluding hydrogens is 214 g/mol. The van der Waals surface area contributed by atoms with E-state index in [1.54, 1.807) is 14.2 Å². The lowest BCUT2D eigenvalue weighted by atomic mass is 10.0. The van der Waals surface area contributed by atoms with Crippen molar-refractivity contribution in [3.05, 3.63) is 23.3 Å². The Bertz CT molecular complexity index is 415. The first kappa shape index (κ1) is 12.2. The van der Waals surface area contributed by atoms with Gasteiger partial charge in [0.1, 0.15) is 11.5 Å². The van der Waals surface area contributed by atoms with Gasteiger partial charge in [0.05, 0.1) is 14.2 Å². The number of nitrogens with two attached hydrogens (primary N) is 1. The van der Waals surface area contributed by atoms with Crippen LogP contribution in [0.3, 0.4) is 0 Å². The van der Waals surface area contributed by atoms with Crippen LogP contribution in [0, 0.1) is 12.3 Å². The minimum atomic E-state index is 0.172. The van der Waals surface area contributed by atoms with E-state index in [9.17, 15) is 0 Å². The van der Waals surface area contributed by atoms with Crippen LogP contribution in [0.4, 0.5) is 0 Å². The Morgan fingerprint density at radius 3 is 1.82 bits per heavy atom. The van der Waals surface area contributed by atoms with E-state index in [-0.39, 0.29) is 11.5 Å². The third kappa shape index (κ3) is 1.78. The number of ether oxygens (including phenoxy) is 2. The smallest absolute Gasteiger partial charge is 0.125 e. The van der Waals surface area contributed by atoms with Gasteiger partial charge in [-0.05, 0) is 30.0 Å². The number of benzene rings is 1. The monoisotopic (exact) mass is 235 g/mol. The first-order chi connectivity index (χ1) is 7.93. The average molecular weight is 235 g/mol. The SMILES string of the molecule is COc1cc([C@@H]2[C@@H](N)C2(C)C)cc(OC)c1C. The van der Waals surface area contributed by atoms with Crippen molar-refractivity contribution in [2.75, 3.05) is 14.2 Å². The second-order valence-electron chi connectivity index (χ2n) is 5.38. The van der Waals surface area contributed by atoms with Crippen molar-refractivity contribution >= 4 is 0 Å². The van der Waals surface area contributed by atoms with Gasteiger partial charge in [-0.3, -0.25) is 0 Å². The lowest BCUT2D eigenvalue weighted by Gasteiger charge is -2.13. The number of hydrogen-bond donors (Lipinski definition) is 1. The summed E-state index contributed by atoms with van der Waals surface area (Å²) in [4.78, 5) is 0. The highest BCUT2D eigenvalue weighted by Crippen LogP contribution is 2.58. The van der Waals surface area contributed by atoms with Gasteiger partial charge in [0.15, 0.2) is 0 Å². The molecule has 17 heavy (non-hydrogen) atoms. The lowest BCUT2D eigenvalue weighted by Crippen LogP contribution is -2.06. The second kappa shape index (κ2) is 3.91. The fraction of sp³-hybridized carbons (Fsp3) is 0.571. The molecule has 2 N–H and O–H groups in total. The standard InChI is InChI=1S/C14H21NO2/c1-8-10(16-4)6-9(7-11(8)17-5)12-13(15)14(12,2)3/h6-7,12-13H,15H2,1-5H3/t12-,13-/m1/s1. The molecule has 1 fully saturated rings. The fourth-order valence-electron chi connectivity index (χ4n) is 2.60. The van der Waals surface area contributed by atoms with E-state index in [1.807, 2.05) is 6.92 Å². The molecule has 1 aliphatic carbocycles. The van der Waals surface area contributed by atoms with Crippen molar-refractivity contribution in [1.29, 1.82) is 0 Å². The summed E-state index contributed by atoms with van der Waals surface area (Å²) in [6.45, 7) is 6.39. The van der Waals surface area contributed by atoms with E-state index in [0.717, 1.165) is 17.1 Å². The topological polar surface area (TPSA) is 44.5 Å².